The lowest BCUT2D eigenvalue weighted by Crippen LogP contribution is -2.43. The summed E-state index contributed by atoms with van der Waals surface area (Å²) in [6.45, 7) is 2.36. The second-order valence-corrected chi connectivity index (χ2v) is 7.09. The van der Waals surface area contributed by atoms with Gasteiger partial charge in [0.25, 0.3) is 0 Å². The molecule has 1 unspecified atom stereocenters. The molecule has 0 aliphatic carbocycles. The largest absolute Gasteiger partial charge is 0.350 e. The van der Waals surface area contributed by atoms with Gasteiger partial charge in [-0.05, 0) is 36.6 Å². The van der Waals surface area contributed by atoms with Crippen LogP contribution in [0.15, 0.2) is 79.0 Å². The van der Waals surface area contributed by atoms with Crippen LogP contribution in [-0.2, 0) is 17.8 Å². The van der Waals surface area contributed by atoms with Crippen molar-refractivity contribution >= 4 is 11.9 Å². The van der Waals surface area contributed by atoms with Crippen LogP contribution < -0.4 is 16.0 Å². The molecule has 1 aromatic heterocycles. The highest BCUT2D eigenvalue weighted by Crippen LogP contribution is 2.17. The van der Waals surface area contributed by atoms with E-state index in [1.165, 1.54) is 5.56 Å². The maximum atomic E-state index is 12.4. The van der Waals surface area contributed by atoms with Crippen LogP contribution in [0.5, 0.6) is 0 Å². The number of carbonyl (C=O) groups is 2. The van der Waals surface area contributed by atoms with Crippen LogP contribution in [0.25, 0.3) is 0 Å². The maximum absolute atomic E-state index is 12.4. The number of nitrogens with one attached hydrogen (secondary N) is 3. The van der Waals surface area contributed by atoms with E-state index in [4.69, 9.17) is 0 Å². The van der Waals surface area contributed by atoms with E-state index in [1.54, 1.807) is 6.20 Å². The number of urea groups is 1. The second-order valence-electron chi connectivity index (χ2n) is 7.09. The molecule has 1 heterocycles. The van der Waals surface area contributed by atoms with Crippen LogP contribution in [0.1, 0.15) is 28.4 Å². The number of amides is 3. The molecule has 0 aliphatic heterocycles. The van der Waals surface area contributed by atoms with E-state index >= 15 is 0 Å². The Morgan fingerprint density at radius 2 is 1.60 bits per heavy atom. The molecule has 0 saturated heterocycles. The number of hydrogen-bond donors (Lipinski definition) is 3. The Kier molecular flexibility index (Phi) is 7.55. The molecule has 6 heteroatoms. The monoisotopic (exact) mass is 402 g/mol. The van der Waals surface area contributed by atoms with Gasteiger partial charge in [0, 0.05) is 12.7 Å². The topological polar surface area (TPSA) is 83.1 Å². The number of hydrogen-bond acceptors (Lipinski definition) is 3. The van der Waals surface area contributed by atoms with Crippen LogP contribution >= 0.6 is 0 Å². The number of aryl methyl sites for hydroxylation is 1. The quantitative estimate of drug-likeness (QED) is 0.541. The van der Waals surface area contributed by atoms with Crippen molar-refractivity contribution in [2.75, 3.05) is 6.54 Å². The van der Waals surface area contributed by atoms with Crippen molar-refractivity contribution in [3.63, 3.8) is 0 Å². The Morgan fingerprint density at radius 3 is 2.30 bits per heavy atom. The zero-order chi connectivity index (χ0) is 21.2. The number of pyridine rings is 1. The molecule has 0 radical (unpaired) electrons. The maximum Gasteiger partial charge on any atom is 0.315 e. The highest BCUT2D eigenvalue weighted by Gasteiger charge is 2.17. The van der Waals surface area contributed by atoms with Gasteiger partial charge in [-0.3, -0.25) is 9.78 Å². The number of benzene rings is 2. The molecular formula is C24H26N4O2. The van der Waals surface area contributed by atoms with Gasteiger partial charge < -0.3 is 16.0 Å². The fourth-order valence-corrected chi connectivity index (χ4v) is 3.00. The molecule has 2 aromatic carbocycles. The van der Waals surface area contributed by atoms with E-state index in [0.717, 1.165) is 16.8 Å². The Hall–Kier alpha value is -3.67. The molecular weight excluding hydrogens is 376 g/mol. The Bertz CT molecular complexity index is 944. The lowest BCUT2D eigenvalue weighted by Gasteiger charge is -2.19. The Labute approximate surface area is 176 Å². The molecule has 3 amide bonds. The molecule has 30 heavy (non-hydrogen) atoms. The summed E-state index contributed by atoms with van der Waals surface area (Å²) in [6, 6.07) is 22.7. The minimum atomic E-state index is -0.410. The second kappa shape index (κ2) is 10.8. The summed E-state index contributed by atoms with van der Waals surface area (Å²) in [7, 11) is 0. The first kappa shape index (κ1) is 21.0. The fourth-order valence-electron chi connectivity index (χ4n) is 3.00. The van der Waals surface area contributed by atoms with Crippen molar-refractivity contribution in [3.8, 4) is 0 Å². The van der Waals surface area contributed by atoms with Crippen LogP contribution in [-0.4, -0.2) is 23.5 Å². The van der Waals surface area contributed by atoms with Crippen molar-refractivity contribution in [1.82, 2.24) is 20.9 Å². The van der Waals surface area contributed by atoms with Gasteiger partial charge in [-0.2, -0.15) is 0 Å². The molecule has 6 nitrogen and oxygen atoms in total. The smallest absolute Gasteiger partial charge is 0.315 e. The molecule has 0 bridgehead atoms. The summed E-state index contributed by atoms with van der Waals surface area (Å²) in [5, 5.41) is 8.35. The molecule has 0 aliphatic rings. The molecule has 154 valence electrons. The predicted molar refractivity (Wildman–Crippen MR) is 117 cm³/mol. The zero-order valence-electron chi connectivity index (χ0n) is 17.0. The van der Waals surface area contributed by atoms with Crippen LogP contribution in [0, 0.1) is 6.92 Å². The molecule has 0 fully saturated rings. The summed E-state index contributed by atoms with van der Waals surface area (Å²) < 4.78 is 0. The van der Waals surface area contributed by atoms with E-state index < -0.39 is 6.03 Å². The van der Waals surface area contributed by atoms with E-state index in [-0.39, 0.29) is 18.5 Å². The van der Waals surface area contributed by atoms with Crippen molar-refractivity contribution < 1.29 is 9.59 Å². The van der Waals surface area contributed by atoms with Gasteiger partial charge in [-0.15, -0.1) is 0 Å². The first-order chi connectivity index (χ1) is 14.6. The Morgan fingerprint density at radius 1 is 0.867 bits per heavy atom. The van der Waals surface area contributed by atoms with Crippen LogP contribution in [0.3, 0.4) is 0 Å². The van der Waals surface area contributed by atoms with Crippen molar-refractivity contribution in [2.24, 2.45) is 0 Å². The zero-order valence-corrected chi connectivity index (χ0v) is 17.0. The van der Waals surface area contributed by atoms with Gasteiger partial charge >= 0.3 is 6.03 Å². The summed E-state index contributed by atoms with van der Waals surface area (Å²) in [5.41, 5.74) is 4.04. The third-order valence-corrected chi connectivity index (χ3v) is 4.65. The molecule has 3 N–H and O–H groups in total. The van der Waals surface area contributed by atoms with E-state index in [2.05, 4.69) is 20.9 Å². The molecule has 0 spiro atoms. The fraction of sp³-hybridized carbons (Fsp3) is 0.208. The van der Waals surface area contributed by atoms with Crippen LogP contribution in [0.4, 0.5) is 4.79 Å². The SMILES string of the molecule is Cc1ccc(CC(NC(=O)NCC(=O)NCc2ccccc2)c2ccccn2)cc1. The van der Waals surface area contributed by atoms with Gasteiger partial charge in [-0.1, -0.05) is 66.2 Å². The van der Waals surface area contributed by atoms with Gasteiger partial charge in [-0.25, -0.2) is 4.79 Å². The summed E-state index contributed by atoms with van der Waals surface area (Å²) in [5.74, 6) is -0.248. The number of nitrogens with zero attached hydrogens (tertiary/aromatic N) is 1. The van der Waals surface area contributed by atoms with Crippen molar-refractivity contribution in [2.45, 2.75) is 25.9 Å². The highest BCUT2D eigenvalue weighted by atomic mass is 16.2. The lowest BCUT2D eigenvalue weighted by molar-refractivity contribution is -0.120. The number of rotatable bonds is 8. The first-order valence-corrected chi connectivity index (χ1v) is 9.91. The molecule has 1 atom stereocenters. The molecule has 3 rings (SSSR count). The third-order valence-electron chi connectivity index (χ3n) is 4.65. The average Bonchev–Trinajstić information content (AvgIpc) is 2.78. The Balaban J connectivity index is 1.53. The highest BCUT2D eigenvalue weighted by molar-refractivity contribution is 5.84. The van der Waals surface area contributed by atoms with Gasteiger partial charge in [0.05, 0.1) is 18.3 Å². The summed E-state index contributed by atoms with van der Waals surface area (Å²) in [4.78, 5) is 28.8. The minimum absolute atomic E-state index is 0.0991. The molecule has 0 saturated carbocycles. The van der Waals surface area contributed by atoms with Crippen molar-refractivity contribution in [3.05, 3.63) is 101 Å². The van der Waals surface area contributed by atoms with E-state index in [0.29, 0.717) is 13.0 Å². The van der Waals surface area contributed by atoms with Crippen LogP contribution in [0.2, 0.25) is 0 Å². The normalized spacial score (nSPS) is 11.4. The van der Waals surface area contributed by atoms with Gasteiger partial charge in [0.2, 0.25) is 5.91 Å². The van der Waals surface area contributed by atoms with Crippen molar-refractivity contribution in [1.29, 1.82) is 0 Å². The predicted octanol–water partition coefficient (Wildman–Crippen LogP) is 3.29. The first-order valence-electron chi connectivity index (χ1n) is 9.91. The van der Waals surface area contributed by atoms with E-state index in [9.17, 15) is 9.59 Å². The number of aromatic nitrogens is 1. The summed E-state index contributed by atoms with van der Waals surface area (Å²) in [6.07, 6.45) is 2.30. The minimum Gasteiger partial charge on any atom is -0.350 e. The number of carbonyl (C=O) groups excluding carboxylic acids is 2. The third kappa shape index (κ3) is 6.74. The molecule has 3 aromatic rings. The average molecular weight is 402 g/mol. The lowest BCUT2D eigenvalue weighted by atomic mass is 10.0. The van der Waals surface area contributed by atoms with Gasteiger partial charge in [0.1, 0.15) is 0 Å². The standard InChI is InChI=1S/C24H26N4O2/c1-18-10-12-19(13-11-18)15-22(21-9-5-6-14-25-21)28-24(30)27-17-23(29)26-16-20-7-3-2-4-8-20/h2-14,22H,15-17H2,1H3,(H,26,29)(H2,27,28,30). The van der Waals surface area contributed by atoms with Gasteiger partial charge in [0.15, 0.2) is 0 Å². The summed E-state index contributed by atoms with van der Waals surface area (Å²) >= 11 is 0. The van der Waals surface area contributed by atoms with E-state index in [1.807, 2.05) is 79.7 Å².